The van der Waals surface area contributed by atoms with Crippen LogP contribution in [0.5, 0.6) is 5.88 Å². The third-order valence-electron chi connectivity index (χ3n) is 7.35. The van der Waals surface area contributed by atoms with Crippen LogP contribution >= 0.6 is 0 Å². The predicted molar refractivity (Wildman–Crippen MR) is 157 cm³/mol. The van der Waals surface area contributed by atoms with Gasteiger partial charge in [0.05, 0.1) is 17.3 Å². The molecule has 2 aromatic carbocycles. The maximum Gasteiger partial charge on any atom is 0.393 e. The molecule has 0 aliphatic carbocycles. The molecule has 5 rings (SSSR count). The summed E-state index contributed by atoms with van der Waals surface area (Å²) in [7, 11) is 0. The summed E-state index contributed by atoms with van der Waals surface area (Å²) >= 11 is 0. The lowest BCUT2D eigenvalue weighted by Gasteiger charge is -2.19. The number of benzene rings is 2. The number of H-pyrrole nitrogens is 1. The second-order valence-corrected chi connectivity index (χ2v) is 10.5. The first-order valence-electron chi connectivity index (χ1n) is 14.4. The van der Waals surface area contributed by atoms with Crippen LogP contribution in [0, 0.1) is 5.95 Å². The molecule has 1 saturated heterocycles. The van der Waals surface area contributed by atoms with Crippen molar-refractivity contribution in [3.8, 4) is 5.88 Å². The van der Waals surface area contributed by atoms with Gasteiger partial charge in [0.15, 0.2) is 0 Å². The summed E-state index contributed by atoms with van der Waals surface area (Å²) < 4.78 is 61.8. The van der Waals surface area contributed by atoms with E-state index in [9.17, 15) is 22.4 Å². The molecule has 226 valence electrons. The Morgan fingerprint density at radius 2 is 1.74 bits per heavy atom. The van der Waals surface area contributed by atoms with Gasteiger partial charge < -0.3 is 15.0 Å². The van der Waals surface area contributed by atoms with Crippen molar-refractivity contribution >= 4 is 28.0 Å². The molecule has 0 spiro atoms. The second kappa shape index (κ2) is 13.8. The monoisotopic (exact) mass is 595 g/mol. The fourth-order valence-electron chi connectivity index (χ4n) is 5.28. The van der Waals surface area contributed by atoms with Crippen LogP contribution in [0.25, 0.3) is 22.0 Å². The highest BCUT2D eigenvalue weighted by Gasteiger charge is 2.32. The summed E-state index contributed by atoms with van der Waals surface area (Å²) in [5, 5.41) is 9.60. The Morgan fingerprint density at radius 3 is 2.47 bits per heavy atom. The van der Waals surface area contributed by atoms with Crippen LogP contribution in [0.3, 0.4) is 0 Å². The molecule has 11 heteroatoms. The highest BCUT2D eigenvalue weighted by Crippen LogP contribution is 2.40. The van der Waals surface area contributed by atoms with Gasteiger partial charge in [-0.05, 0) is 66.3 Å². The molecule has 4 aromatic rings. The lowest BCUT2D eigenvalue weighted by Crippen LogP contribution is -2.29. The van der Waals surface area contributed by atoms with Gasteiger partial charge in [0, 0.05) is 43.9 Å². The summed E-state index contributed by atoms with van der Waals surface area (Å²) in [4.78, 5) is 18.4. The first-order chi connectivity index (χ1) is 20.8. The minimum atomic E-state index is -4.49. The fourth-order valence-corrected chi connectivity index (χ4v) is 5.28. The van der Waals surface area contributed by atoms with Crippen LogP contribution in [0.1, 0.15) is 48.8 Å². The number of nitrogens with zero attached hydrogens (tertiary/aromatic N) is 3. The van der Waals surface area contributed by atoms with Gasteiger partial charge in [0.1, 0.15) is 6.61 Å². The molecule has 1 amide bonds. The number of allylic oxidation sites excluding steroid dienone is 1. The van der Waals surface area contributed by atoms with Crippen LogP contribution in [-0.4, -0.2) is 65.0 Å². The number of ether oxygens (including phenoxy) is 1. The van der Waals surface area contributed by atoms with E-state index in [-0.39, 0.29) is 22.4 Å². The van der Waals surface area contributed by atoms with Crippen molar-refractivity contribution in [2.75, 3.05) is 32.8 Å². The van der Waals surface area contributed by atoms with Crippen LogP contribution in [0.15, 0.2) is 66.9 Å². The van der Waals surface area contributed by atoms with Crippen molar-refractivity contribution in [3.05, 3.63) is 89.5 Å². The number of aromatic amines is 1. The number of fused-ring (bicyclic) bond motifs is 1. The number of amides is 1. The number of hydrogen-bond donors (Lipinski definition) is 2. The van der Waals surface area contributed by atoms with E-state index < -0.39 is 18.5 Å². The highest BCUT2D eigenvalue weighted by atomic mass is 19.4. The van der Waals surface area contributed by atoms with Crippen molar-refractivity contribution in [2.45, 2.75) is 38.3 Å². The zero-order valence-corrected chi connectivity index (χ0v) is 23.6. The number of halogens is 4. The Labute approximate surface area is 247 Å². The number of carbonyl (C=O) groups is 1. The zero-order valence-electron chi connectivity index (χ0n) is 23.6. The minimum Gasteiger partial charge on any atom is -0.476 e. The molecule has 1 aliphatic rings. The Hall–Kier alpha value is -4.25. The first-order valence-corrected chi connectivity index (χ1v) is 14.4. The SMILES string of the molecule is O=C(CCCNCCOc1ccc(/C(=C(/CC(F)(F)F)c2ccccc2)c2ccc3n[nH]c(F)c3c2)cn1)N1CCCC1. The molecule has 1 fully saturated rings. The normalized spacial score (nSPS) is 14.3. The average Bonchev–Trinajstić information content (AvgIpc) is 3.67. The van der Waals surface area contributed by atoms with E-state index in [1.807, 2.05) is 4.90 Å². The molecular weight excluding hydrogens is 562 g/mol. The van der Waals surface area contributed by atoms with Gasteiger partial charge >= 0.3 is 6.18 Å². The van der Waals surface area contributed by atoms with Crippen LogP contribution in [0.2, 0.25) is 0 Å². The average molecular weight is 596 g/mol. The lowest BCUT2D eigenvalue weighted by atomic mass is 9.88. The third-order valence-corrected chi connectivity index (χ3v) is 7.35. The topological polar surface area (TPSA) is 83.1 Å². The number of nitrogens with one attached hydrogen (secondary N) is 2. The van der Waals surface area contributed by atoms with Crippen molar-refractivity contribution in [1.82, 2.24) is 25.4 Å². The van der Waals surface area contributed by atoms with Gasteiger partial charge in [-0.1, -0.05) is 36.4 Å². The van der Waals surface area contributed by atoms with Crippen molar-refractivity contribution in [3.63, 3.8) is 0 Å². The van der Waals surface area contributed by atoms with Crippen LogP contribution in [-0.2, 0) is 4.79 Å². The largest absolute Gasteiger partial charge is 0.476 e. The second-order valence-electron chi connectivity index (χ2n) is 10.5. The molecule has 2 N–H and O–H groups in total. The minimum absolute atomic E-state index is 0.0410. The Bertz CT molecular complexity index is 1550. The number of likely N-dealkylation sites (tertiary alicyclic amines) is 1. The summed E-state index contributed by atoms with van der Waals surface area (Å²) in [5.74, 6) is -0.141. The molecule has 0 unspecified atom stereocenters. The third kappa shape index (κ3) is 7.98. The quantitative estimate of drug-likeness (QED) is 0.113. The molecule has 0 atom stereocenters. The van der Waals surface area contributed by atoms with Gasteiger partial charge in [0.2, 0.25) is 17.7 Å². The number of alkyl halides is 3. The zero-order chi connectivity index (χ0) is 30.2. The Kier molecular flexibility index (Phi) is 9.71. The van der Waals surface area contributed by atoms with Gasteiger partial charge in [-0.3, -0.25) is 9.89 Å². The number of pyridine rings is 1. The van der Waals surface area contributed by atoms with Gasteiger partial charge in [0.25, 0.3) is 0 Å². The summed E-state index contributed by atoms with van der Waals surface area (Å²) in [5.41, 5.74) is 1.93. The van der Waals surface area contributed by atoms with E-state index in [1.165, 1.54) is 12.3 Å². The Morgan fingerprint density at radius 1 is 0.977 bits per heavy atom. The van der Waals surface area contributed by atoms with E-state index in [4.69, 9.17) is 4.74 Å². The molecule has 7 nitrogen and oxygen atoms in total. The maximum atomic E-state index is 14.4. The Balaban J connectivity index is 1.31. The highest BCUT2D eigenvalue weighted by molar-refractivity contribution is 6.00. The standard InChI is InChI=1S/C32H33F4N5O2/c33-31-25-19-23(10-12-27(25)39-40-31)30(26(20-32(34,35)36)22-7-2-1-3-8-22)24-11-13-28(38-21-24)43-18-15-37-14-6-9-29(42)41-16-4-5-17-41/h1-3,7-8,10-13,19,21,37H,4-6,9,14-18,20H2,(H,39,40)/b30-26-. The summed E-state index contributed by atoms with van der Waals surface area (Å²) in [6.07, 6.45) is -0.789. The molecule has 43 heavy (non-hydrogen) atoms. The van der Waals surface area contributed by atoms with Gasteiger partial charge in [-0.25, -0.2) is 4.98 Å². The lowest BCUT2D eigenvalue weighted by molar-refractivity contribution is -0.130. The number of rotatable bonds is 12. The molecule has 0 saturated carbocycles. The smallest absolute Gasteiger partial charge is 0.393 e. The maximum absolute atomic E-state index is 14.4. The van der Waals surface area contributed by atoms with Crippen molar-refractivity contribution < 1.29 is 27.1 Å². The van der Waals surface area contributed by atoms with Crippen LogP contribution in [0.4, 0.5) is 17.6 Å². The van der Waals surface area contributed by atoms with E-state index in [1.54, 1.807) is 54.6 Å². The van der Waals surface area contributed by atoms with Gasteiger partial charge in [-0.2, -0.15) is 22.7 Å². The molecular formula is C32H33F4N5O2. The van der Waals surface area contributed by atoms with Crippen molar-refractivity contribution in [2.24, 2.45) is 0 Å². The van der Waals surface area contributed by atoms with E-state index >= 15 is 0 Å². The van der Waals surface area contributed by atoms with E-state index in [0.29, 0.717) is 54.2 Å². The number of carbonyl (C=O) groups excluding carboxylic acids is 1. The van der Waals surface area contributed by atoms with E-state index in [2.05, 4.69) is 20.5 Å². The number of aromatic nitrogens is 3. The predicted octanol–water partition coefficient (Wildman–Crippen LogP) is 6.38. The summed E-state index contributed by atoms with van der Waals surface area (Å²) in [6.45, 7) is 3.28. The molecule has 1 aliphatic heterocycles. The van der Waals surface area contributed by atoms with Crippen molar-refractivity contribution in [1.29, 1.82) is 0 Å². The molecule has 2 aromatic heterocycles. The van der Waals surface area contributed by atoms with Gasteiger partial charge in [-0.15, -0.1) is 0 Å². The molecule has 0 radical (unpaired) electrons. The first kappa shape index (κ1) is 30.2. The molecule has 3 heterocycles. The summed E-state index contributed by atoms with van der Waals surface area (Å²) in [6, 6.07) is 16.3. The van der Waals surface area contributed by atoms with E-state index in [0.717, 1.165) is 32.4 Å². The molecule has 0 bridgehead atoms. The van der Waals surface area contributed by atoms with Crippen LogP contribution < -0.4 is 10.1 Å². The number of hydrogen-bond acceptors (Lipinski definition) is 5. The fraction of sp³-hybridized carbons (Fsp3) is 0.344.